The number of methoxy groups -OCH3 is 1. The standard InChI is InChI=1S/C11H15N3O4/c1-18-11(15)8-2-4-9(5-3-8)13-7-10(6-12-13)14(16)17/h6-9H,2-5H2,1H3/t8-,9-. The van der Waals surface area contributed by atoms with E-state index in [1.165, 1.54) is 19.5 Å². The van der Waals surface area contributed by atoms with Gasteiger partial charge in [-0.05, 0) is 25.7 Å². The van der Waals surface area contributed by atoms with Gasteiger partial charge in [-0.25, -0.2) is 0 Å². The predicted octanol–water partition coefficient (Wildman–Crippen LogP) is 1.70. The molecule has 1 fully saturated rings. The van der Waals surface area contributed by atoms with E-state index in [0.29, 0.717) is 0 Å². The average Bonchev–Trinajstić information content (AvgIpc) is 2.88. The molecule has 1 aromatic rings. The quantitative estimate of drug-likeness (QED) is 0.464. The third-order valence-electron chi connectivity index (χ3n) is 3.40. The molecule has 1 aliphatic rings. The zero-order chi connectivity index (χ0) is 13.1. The molecule has 0 aromatic carbocycles. The van der Waals surface area contributed by atoms with Crippen molar-refractivity contribution in [2.24, 2.45) is 5.92 Å². The van der Waals surface area contributed by atoms with E-state index in [1.807, 2.05) is 0 Å². The fourth-order valence-electron chi connectivity index (χ4n) is 2.36. The van der Waals surface area contributed by atoms with Crippen molar-refractivity contribution in [2.45, 2.75) is 31.7 Å². The van der Waals surface area contributed by atoms with Gasteiger partial charge in [-0.3, -0.25) is 19.6 Å². The predicted molar refractivity (Wildman–Crippen MR) is 61.9 cm³/mol. The van der Waals surface area contributed by atoms with Crippen LogP contribution in [0.2, 0.25) is 0 Å². The van der Waals surface area contributed by atoms with Crippen LogP contribution in [0.3, 0.4) is 0 Å². The van der Waals surface area contributed by atoms with Crippen LogP contribution in [0.25, 0.3) is 0 Å². The summed E-state index contributed by atoms with van der Waals surface area (Å²) in [6.07, 6.45) is 5.77. The van der Waals surface area contributed by atoms with Gasteiger partial charge in [-0.1, -0.05) is 0 Å². The number of carbonyl (C=O) groups excluding carboxylic acids is 1. The maximum absolute atomic E-state index is 11.4. The number of nitro groups is 1. The lowest BCUT2D eigenvalue weighted by Crippen LogP contribution is -2.24. The number of esters is 1. The highest BCUT2D eigenvalue weighted by Gasteiger charge is 2.28. The van der Waals surface area contributed by atoms with E-state index in [4.69, 9.17) is 4.74 Å². The Morgan fingerprint density at radius 1 is 1.50 bits per heavy atom. The second-order valence-corrected chi connectivity index (χ2v) is 4.46. The van der Waals surface area contributed by atoms with E-state index in [0.717, 1.165) is 25.7 Å². The van der Waals surface area contributed by atoms with Gasteiger partial charge in [0.1, 0.15) is 12.4 Å². The van der Waals surface area contributed by atoms with E-state index in [1.54, 1.807) is 4.68 Å². The van der Waals surface area contributed by atoms with Crippen molar-refractivity contribution in [3.8, 4) is 0 Å². The Bertz CT molecular complexity index is 449. The summed E-state index contributed by atoms with van der Waals surface area (Å²) in [4.78, 5) is 21.5. The molecule has 0 spiro atoms. The van der Waals surface area contributed by atoms with Crippen molar-refractivity contribution in [2.75, 3.05) is 7.11 Å². The fraction of sp³-hybridized carbons (Fsp3) is 0.636. The van der Waals surface area contributed by atoms with Crippen molar-refractivity contribution in [1.29, 1.82) is 0 Å². The van der Waals surface area contributed by atoms with Gasteiger partial charge in [0.15, 0.2) is 0 Å². The minimum Gasteiger partial charge on any atom is -0.469 e. The van der Waals surface area contributed by atoms with Crippen molar-refractivity contribution >= 4 is 11.7 Å². The molecule has 7 nitrogen and oxygen atoms in total. The number of rotatable bonds is 3. The first-order chi connectivity index (χ1) is 8.61. The molecule has 1 aromatic heterocycles. The number of ether oxygens (including phenoxy) is 1. The third-order valence-corrected chi connectivity index (χ3v) is 3.40. The molecule has 7 heteroatoms. The smallest absolute Gasteiger partial charge is 0.308 e. The van der Waals surface area contributed by atoms with E-state index < -0.39 is 4.92 Å². The molecule has 1 aliphatic carbocycles. The summed E-state index contributed by atoms with van der Waals surface area (Å²) in [5.41, 5.74) is 0.00471. The maximum atomic E-state index is 11.4. The number of aromatic nitrogens is 2. The molecule has 0 aliphatic heterocycles. The zero-order valence-corrected chi connectivity index (χ0v) is 10.1. The van der Waals surface area contributed by atoms with Crippen LogP contribution in [-0.2, 0) is 9.53 Å². The lowest BCUT2D eigenvalue weighted by Gasteiger charge is -2.26. The first-order valence-electron chi connectivity index (χ1n) is 5.88. The number of hydrogen-bond acceptors (Lipinski definition) is 5. The molecular weight excluding hydrogens is 238 g/mol. The number of nitrogens with zero attached hydrogens (tertiary/aromatic N) is 3. The normalized spacial score (nSPS) is 23.6. The van der Waals surface area contributed by atoms with Crippen LogP contribution in [0.5, 0.6) is 0 Å². The molecule has 2 rings (SSSR count). The second kappa shape index (κ2) is 5.16. The van der Waals surface area contributed by atoms with Crippen LogP contribution in [0.15, 0.2) is 12.4 Å². The first kappa shape index (κ1) is 12.5. The molecule has 0 radical (unpaired) electrons. The Balaban J connectivity index is 1.96. The topological polar surface area (TPSA) is 87.3 Å². The SMILES string of the molecule is COC(=O)[C@H]1CC[C@H](n2cc([N+](=O)[O-])cn2)CC1. The summed E-state index contributed by atoms with van der Waals surface area (Å²) < 4.78 is 6.35. The summed E-state index contributed by atoms with van der Waals surface area (Å²) in [7, 11) is 1.39. The minimum atomic E-state index is -0.455. The maximum Gasteiger partial charge on any atom is 0.308 e. The number of hydrogen-bond donors (Lipinski definition) is 0. The molecule has 18 heavy (non-hydrogen) atoms. The van der Waals surface area contributed by atoms with Gasteiger partial charge in [-0.2, -0.15) is 5.10 Å². The molecule has 0 unspecified atom stereocenters. The van der Waals surface area contributed by atoms with Gasteiger partial charge in [0.05, 0.1) is 24.0 Å². The Labute approximate surface area is 104 Å². The van der Waals surface area contributed by atoms with Crippen LogP contribution < -0.4 is 0 Å². The van der Waals surface area contributed by atoms with Gasteiger partial charge >= 0.3 is 11.7 Å². The molecule has 1 heterocycles. The summed E-state index contributed by atoms with van der Waals surface area (Å²) in [5, 5.41) is 14.6. The van der Waals surface area contributed by atoms with Crippen molar-refractivity contribution in [1.82, 2.24) is 9.78 Å². The molecule has 0 amide bonds. The molecule has 0 bridgehead atoms. The fourth-order valence-corrected chi connectivity index (χ4v) is 2.36. The second-order valence-electron chi connectivity index (χ2n) is 4.46. The van der Waals surface area contributed by atoms with E-state index in [9.17, 15) is 14.9 Å². The summed E-state index contributed by atoms with van der Waals surface area (Å²) >= 11 is 0. The van der Waals surface area contributed by atoms with Gasteiger partial charge in [-0.15, -0.1) is 0 Å². The number of carbonyl (C=O) groups is 1. The van der Waals surface area contributed by atoms with Crippen LogP contribution in [0.1, 0.15) is 31.7 Å². The first-order valence-corrected chi connectivity index (χ1v) is 5.88. The van der Waals surface area contributed by atoms with Crippen molar-refractivity contribution in [3.05, 3.63) is 22.5 Å². The van der Waals surface area contributed by atoms with E-state index in [2.05, 4.69) is 5.10 Å². The lowest BCUT2D eigenvalue weighted by atomic mass is 9.86. The highest BCUT2D eigenvalue weighted by molar-refractivity contribution is 5.72. The molecule has 0 saturated heterocycles. The van der Waals surface area contributed by atoms with Crippen LogP contribution in [-0.4, -0.2) is 27.8 Å². The molecular formula is C11H15N3O4. The lowest BCUT2D eigenvalue weighted by molar-refractivity contribution is -0.385. The van der Waals surface area contributed by atoms with Crippen LogP contribution in [0.4, 0.5) is 5.69 Å². The molecule has 0 N–H and O–H groups in total. The summed E-state index contributed by atoms with van der Waals surface area (Å²) in [5.74, 6) is -0.211. The van der Waals surface area contributed by atoms with Crippen LogP contribution >= 0.6 is 0 Å². The zero-order valence-electron chi connectivity index (χ0n) is 10.1. The summed E-state index contributed by atoms with van der Waals surface area (Å²) in [6, 6.07) is 0.139. The Hall–Kier alpha value is -1.92. The highest BCUT2D eigenvalue weighted by atomic mass is 16.6. The largest absolute Gasteiger partial charge is 0.469 e. The summed E-state index contributed by atoms with van der Waals surface area (Å²) in [6.45, 7) is 0. The molecule has 98 valence electrons. The minimum absolute atomic E-state index is 0.00471. The van der Waals surface area contributed by atoms with Gasteiger partial charge in [0.25, 0.3) is 0 Å². The van der Waals surface area contributed by atoms with E-state index >= 15 is 0 Å². The monoisotopic (exact) mass is 253 g/mol. The average molecular weight is 253 g/mol. The van der Waals surface area contributed by atoms with Gasteiger partial charge < -0.3 is 4.74 Å². The third kappa shape index (κ3) is 2.49. The Morgan fingerprint density at radius 2 is 2.17 bits per heavy atom. The van der Waals surface area contributed by atoms with Crippen molar-refractivity contribution < 1.29 is 14.5 Å². The highest BCUT2D eigenvalue weighted by Crippen LogP contribution is 2.32. The molecule has 1 saturated carbocycles. The van der Waals surface area contributed by atoms with Crippen molar-refractivity contribution in [3.63, 3.8) is 0 Å². The van der Waals surface area contributed by atoms with E-state index in [-0.39, 0.29) is 23.6 Å². The Kier molecular flexibility index (Phi) is 3.59. The molecule has 0 atom stereocenters. The Morgan fingerprint density at radius 3 is 2.67 bits per heavy atom. The van der Waals surface area contributed by atoms with Crippen LogP contribution in [0, 0.1) is 16.0 Å². The van der Waals surface area contributed by atoms with Gasteiger partial charge in [0, 0.05) is 0 Å². The van der Waals surface area contributed by atoms with Gasteiger partial charge in [0.2, 0.25) is 0 Å².